The van der Waals surface area contributed by atoms with Crippen LogP contribution >= 0.6 is 0 Å². The summed E-state index contributed by atoms with van der Waals surface area (Å²) >= 11 is 0. The molecule has 0 spiro atoms. The van der Waals surface area contributed by atoms with Crippen molar-refractivity contribution in [3.8, 4) is 11.5 Å². The fourth-order valence-corrected chi connectivity index (χ4v) is 3.55. The van der Waals surface area contributed by atoms with Crippen molar-refractivity contribution in [1.29, 1.82) is 0 Å². The summed E-state index contributed by atoms with van der Waals surface area (Å²) in [5.41, 5.74) is 2.19. The second-order valence-corrected chi connectivity index (χ2v) is 6.99. The number of ether oxygens (including phenoxy) is 1. The molecule has 0 amide bonds. The zero-order chi connectivity index (χ0) is 16.4. The molecule has 0 aromatic heterocycles. The molecule has 0 radical (unpaired) electrons. The molecule has 2 aromatic rings. The van der Waals surface area contributed by atoms with Gasteiger partial charge in [-0.2, -0.15) is 13.5 Å². The molecule has 0 N–H and O–H groups in total. The summed E-state index contributed by atoms with van der Waals surface area (Å²) in [5, 5.41) is 1.39. The van der Waals surface area contributed by atoms with E-state index in [0.717, 1.165) is 12.0 Å². The standard InChI is InChI=1S/C17H19NO4S/c1-3-12-23(19,20)22-18-14-9-5-6-10-15(14)21-16-11-7-8-13(4-2)17(16)18/h5-11H,3-4,12H2,1-2H3. The number of rotatable bonds is 5. The van der Waals surface area contributed by atoms with Crippen LogP contribution in [-0.4, -0.2) is 14.2 Å². The largest absolute Gasteiger partial charge is 0.453 e. The van der Waals surface area contributed by atoms with Gasteiger partial charge >= 0.3 is 0 Å². The lowest BCUT2D eigenvalue weighted by atomic mass is 10.1. The van der Waals surface area contributed by atoms with Crippen LogP contribution in [0.15, 0.2) is 42.5 Å². The first-order chi connectivity index (χ1) is 11.1. The molecule has 0 unspecified atom stereocenters. The SMILES string of the molecule is CCCS(=O)(=O)ON1c2ccccc2Oc2cccc(CC)c21. The Balaban J connectivity index is 2.14. The Labute approximate surface area is 136 Å². The minimum absolute atomic E-state index is 0.0316. The van der Waals surface area contributed by atoms with Gasteiger partial charge in [-0.3, -0.25) is 0 Å². The summed E-state index contributed by atoms with van der Waals surface area (Å²) < 4.78 is 35.8. The monoisotopic (exact) mass is 333 g/mol. The molecule has 23 heavy (non-hydrogen) atoms. The molecular weight excluding hydrogens is 314 g/mol. The maximum Gasteiger partial charge on any atom is 0.288 e. The molecule has 0 atom stereocenters. The number of para-hydroxylation sites is 3. The molecule has 0 saturated carbocycles. The molecule has 122 valence electrons. The van der Waals surface area contributed by atoms with Crippen molar-refractivity contribution in [2.75, 3.05) is 10.8 Å². The second kappa shape index (κ2) is 6.22. The highest BCUT2D eigenvalue weighted by atomic mass is 32.2. The van der Waals surface area contributed by atoms with Gasteiger partial charge in [-0.05, 0) is 36.6 Å². The summed E-state index contributed by atoms with van der Waals surface area (Å²) in [6.07, 6.45) is 1.24. The molecule has 0 saturated heterocycles. The third-order valence-electron chi connectivity index (χ3n) is 3.61. The molecular formula is C17H19NO4S. The predicted molar refractivity (Wildman–Crippen MR) is 89.6 cm³/mol. The van der Waals surface area contributed by atoms with Gasteiger partial charge < -0.3 is 4.74 Å². The van der Waals surface area contributed by atoms with Crippen molar-refractivity contribution >= 4 is 21.5 Å². The molecule has 1 heterocycles. The lowest BCUT2D eigenvalue weighted by Gasteiger charge is -2.32. The Morgan fingerprint density at radius 3 is 2.52 bits per heavy atom. The van der Waals surface area contributed by atoms with Crippen molar-refractivity contribution < 1.29 is 17.4 Å². The van der Waals surface area contributed by atoms with Gasteiger partial charge in [0.25, 0.3) is 10.1 Å². The van der Waals surface area contributed by atoms with Gasteiger partial charge in [-0.15, -0.1) is 4.28 Å². The van der Waals surface area contributed by atoms with Crippen LogP contribution in [0.4, 0.5) is 11.4 Å². The van der Waals surface area contributed by atoms with E-state index in [9.17, 15) is 8.42 Å². The van der Waals surface area contributed by atoms with Crippen molar-refractivity contribution in [3.05, 3.63) is 48.0 Å². The third kappa shape index (κ3) is 3.04. The Kier molecular flexibility index (Phi) is 4.28. The maximum atomic E-state index is 12.2. The number of hydrogen-bond donors (Lipinski definition) is 0. The van der Waals surface area contributed by atoms with E-state index in [1.54, 1.807) is 19.1 Å². The summed E-state index contributed by atoms with van der Waals surface area (Å²) in [6, 6.07) is 12.9. The number of hydrogen-bond acceptors (Lipinski definition) is 5. The molecule has 2 aromatic carbocycles. The van der Waals surface area contributed by atoms with Crippen LogP contribution in [0, 0.1) is 0 Å². The lowest BCUT2D eigenvalue weighted by molar-refractivity contribution is 0.307. The fraction of sp³-hybridized carbons (Fsp3) is 0.294. The molecule has 1 aliphatic rings. The van der Waals surface area contributed by atoms with Gasteiger partial charge in [0.1, 0.15) is 11.4 Å². The highest BCUT2D eigenvalue weighted by Gasteiger charge is 2.30. The highest BCUT2D eigenvalue weighted by Crippen LogP contribution is 2.48. The maximum absolute atomic E-state index is 12.2. The molecule has 0 bridgehead atoms. The normalized spacial score (nSPS) is 13.2. The van der Waals surface area contributed by atoms with Crippen LogP contribution in [0.2, 0.25) is 0 Å². The zero-order valence-corrected chi connectivity index (χ0v) is 14.0. The van der Waals surface area contributed by atoms with Gasteiger partial charge in [-0.1, -0.05) is 38.1 Å². The number of nitrogens with zero attached hydrogens (tertiary/aromatic N) is 1. The van der Waals surface area contributed by atoms with Gasteiger partial charge in [0, 0.05) is 0 Å². The zero-order valence-electron chi connectivity index (χ0n) is 13.2. The highest BCUT2D eigenvalue weighted by molar-refractivity contribution is 7.86. The number of anilines is 2. The predicted octanol–water partition coefficient (Wildman–Crippen LogP) is 4.16. The van der Waals surface area contributed by atoms with Gasteiger partial charge in [0.15, 0.2) is 11.5 Å². The van der Waals surface area contributed by atoms with E-state index in [-0.39, 0.29) is 5.75 Å². The van der Waals surface area contributed by atoms with Crippen LogP contribution in [0.25, 0.3) is 0 Å². The number of aryl methyl sites for hydroxylation is 1. The third-order valence-corrected chi connectivity index (χ3v) is 4.90. The van der Waals surface area contributed by atoms with E-state index in [1.165, 1.54) is 5.06 Å². The second-order valence-electron chi connectivity index (χ2n) is 5.32. The van der Waals surface area contributed by atoms with Gasteiger partial charge in [0.2, 0.25) is 0 Å². The van der Waals surface area contributed by atoms with Crippen molar-refractivity contribution in [3.63, 3.8) is 0 Å². The topological polar surface area (TPSA) is 55.8 Å². The van der Waals surface area contributed by atoms with Crippen molar-refractivity contribution in [2.45, 2.75) is 26.7 Å². The van der Waals surface area contributed by atoms with E-state index >= 15 is 0 Å². The minimum atomic E-state index is -3.67. The summed E-state index contributed by atoms with van der Waals surface area (Å²) in [5.74, 6) is 1.13. The molecule has 0 aliphatic carbocycles. The molecule has 0 fully saturated rings. The Morgan fingerprint density at radius 1 is 1.04 bits per heavy atom. The quantitative estimate of drug-likeness (QED) is 0.822. The van der Waals surface area contributed by atoms with E-state index in [4.69, 9.17) is 9.02 Å². The van der Waals surface area contributed by atoms with Crippen LogP contribution in [0.3, 0.4) is 0 Å². The minimum Gasteiger partial charge on any atom is -0.453 e. The van der Waals surface area contributed by atoms with Crippen LogP contribution < -0.4 is 9.80 Å². The summed E-state index contributed by atoms with van der Waals surface area (Å²) in [6.45, 7) is 3.81. The average Bonchev–Trinajstić information content (AvgIpc) is 2.53. The van der Waals surface area contributed by atoms with Crippen LogP contribution in [0.1, 0.15) is 25.8 Å². The fourth-order valence-electron chi connectivity index (χ4n) is 2.59. The van der Waals surface area contributed by atoms with E-state index in [0.29, 0.717) is 29.3 Å². The first kappa shape index (κ1) is 15.8. The lowest BCUT2D eigenvalue weighted by Crippen LogP contribution is -2.27. The first-order valence-electron chi connectivity index (χ1n) is 7.67. The molecule has 5 nitrogen and oxygen atoms in total. The van der Waals surface area contributed by atoms with Gasteiger partial charge in [-0.25, -0.2) is 0 Å². The summed E-state index contributed by atoms with van der Waals surface area (Å²) in [4.78, 5) is 0. The van der Waals surface area contributed by atoms with E-state index in [1.807, 2.05) is 37.3 Å². The Morgan fingerprint density at radius 2 is 1.78 bits per heavy atom. The van der Waals surface area contributed by atoms with E-state index in [2.05, 4.69) is 0 Å². The smallest absolute Gasteiger partial charge is 0.288 e. The average molecular weight is 333 g/mol. The van der Waals surface area contributed by atoms with Crippen LogP contribution in [0.5, 0.6) is 11.5 Å². The van der Waals surface area contributed by atoms with Crippen molar-refractivity contribution in [2.24, 2.45) is 0 Å². The number of fused-ring (bicyclic) bond motifs is 2. The molecule has 3 rings (SSSR count). The summed E-state index contributed by atoms with van der Waals surface area (Å²) in [7, 11) is -3.67. The van der Waals surface area contributed by atoms with E-state index < -0.39 is 10.1 Å². The van der Waals surface area contributed by atoms with Crippen LogP contribution in [-0.2, 0) is 20.8 Å². The van der Waals surface area contributed by atoms with Gasteiger partial charge in [0.05, 0.1) is 5.75 Å². The molecule has 6 heteroatoms. The van der Waals surface area contributed by atoms with Crippen molar-refractivity contribution in [1.82, 2.24) is 0 Å². The first-order valence-corrected chi connectivity index (χ1v) is 9.24. The molecule has 1 aliphatic heterocycles. The Bertz CT molecular complexity index is 817. The number of benzene rings is 2. The Hall–Kier alpha value is -2.05.